The molecule has 0 amide bonds. The molecule has 4 heteroatoms. The Labute approximate surface area is 127 Å². The van der Waals surface area contributed by atoms with Gasteiger partial charge in [-0.25, -0.2) is 0 Å². The number of fused-ring (bicyclic) bond motifs is 1. The SMILES string of the molecule is CCC12N=CN=C[N+]1(c1c(C(C)C)cccc1C(C)C)N2. The molecule has 0 radical (unpaired) electrons. The Morgan fingerprint density at radius 2 is 1.76 bits per heavy atom. The minimum atomic E-state index is -0.254. The first-order chi connectivity index (χ1) is 9.97. The third-order valence-electron chi connectivity index (χ3n) is 4.65. The van der Waals surface area contributed by atoms with Crippen molar-refractivity contribution in [2.75, 3.05) is 0 Å². The van der Waals surface area contributed by atoms with Crippen LogP contribution in [0.4, 0.5) is 5.69 Å². The molecule has 0 bridgehead atoms. The van der Waals surface area contributed by atoms with Crippen molar-refractivity contribution in [1.29, 1.82) is 0 Å². The summed E-state index contributed by atoms with van der Waals surface area (Å²) in [6.45, 7) is 11.2. The van der Waals surface area contributed by atoms with E-state index in [-0.39, 0.29) is 5.79 Å². The lowest BCUT2D eigenvalue weighted by Crippen LogP contribution is -2.38. The summed E-state index contributed by atoms with van der Waals surface area (Å²) in [4.78, 5) is 8.98. The Hall–Kier alpha value is -1.52. The topological polar surface area (TPSA) is 46.7 Å². The van der Waals surface area contributed by atoms with Crippen LogP contribution in [0.5, 0.6) is 0 Å². The Kier molecular flexibility index (Phi) is 3.26. The van der Waals surface area contributed by atoms with Crippen molar-refractivity contribution in [1.82, 2.24) is 10.0 Å². The molecule has 0 aromatic heterocycles. The van der Waals surface area contributed by atoms with Crippen molar-refractivity contribution < 1.29 is 0 Å². The Morgan fingerprint density at radius 3 is 2.29 bits per heavy atom. The second-order valence-corrected chi connectivity index (χ2v) is 6.61. The van der Waals surface area contributed by atoms with Crippen LogP contribution in [0.3, 0.4) is 0 Å². The zero-order chi connectivity index (χ0) is 15.3. The van der Waals surface area contributed by atoms with Crippen LogP contribution in [-0.4, -0.2) is 18.5 Å². The maximum atomic E-state index is 4.64. The number of para-hydroxylation sites is 1. The first-order valence-electron chi connectivity index (χ1n) is 7.87. The number of nitrogens with one attached hydrogen (secondary N) is 1. The van der Waals surface area contributed by atoms with Crippen LogP contribution < -0.4 is 10.0 Å². The molecule has 1 aromatic rings. The van der Waals surface area contributed by atoms with Crippen LogP contribution >= 0.6 is 0 Å². The van der Waals surface area contributed by atoms with E-state index in [1.54, 1.807) is 6.34 Å². The number of quaternary nitrogens is 1. The summed E-state index contributed by atoms with van der Waals surface area (Å²) >= 11 is 0. The molecule has 2 atom stereocenters. The molecule has 2 aliphatic heterocycles. The molecule has 0 spiro atoms. The fraction of sp³-hybridized carbons (Fsp3) is 0.529. The molecule has 1 N–H and O–H groups in total. The number of aliphatic imine (C=N–C) groups is 2. The van der Waals surface area contributed by atoms with Crippen LogP contribution in [0.2, 0.25) is 0 Å². The van der Waals surface area contributed by atoms with Gasteiger partial charge in [-0.2, -0.15) is 9.98 Å². The fourth-order valence-electron chi connectivity index (χ4n) is 3.40. The van der Waals surface area contributed by atoms with Crippen molar-refractivity contribution in [3.8, 4) is 0 Å². The molecular formula is C17H25N4+. The molecule has 1 fully saturated rings. The van der Waals surface area contributed by atoms with Gasteiger partial charge in [0, 0.05) is 17.5 Å². The van der Waals surface area contributed by atoms with E-state index in [0.29, 0.717) is 16.4 Å². The molecular weight excluding hydrogens is 260 g/mol. The molecule has 3 rings (SSSR count). The zero-order valence-corrected chi connectivity index (χ0v) is 13.6. The van der Waals surface area contributed by atoms with E-state index in [1.165, 1.54) is 16.8 Å². The third-order valence-corrected chi connectivity index (χ3v) is 4.65. The summed E-state index contributed by atoms with van der Waals surface area (Å²) in [5.41, 5.74) is 7.71. The summed E-state index contributed by atoms with van der Waals surface area (Å²) < 4.78 is 0.571. The zero-order valence-electron chi connectivity index (χ0n) is 13.6. The van der Waals surface area contributed by atoms with Crippen LogP contribution in [0.15, 0.2) is 28.2 Å². The highest BCUT2D eigenvalue weighted by molar-refractivity contribution is 5.89. The second-order valence-electron chi connectivity index (χ2n) is 6.61. The minimum Gasteiger partial charge on any atom is -0.191 e. The average molecular weight is 285 g/mol. The van der Waals surface area contributed by atoms with Crippen LogP contribution in [0, 0.1) is 0 Å². The smallest absolute Gasteiger partial charge is 0.191 e. The molecule has 0 saturated carbocycles. The summed E-state index contributed by atoms with van der Waals surface area (Å²) in [5.74, 6) is 0.695. The standard InChI is InChI=1S/C17H25N4/c1-6-17-19-10-18-11-21(17,20-17)16-14(12(2)3)8-7-9-15(16)13(4)5/h7-13,20H,6H2,1-5H3/q+1. The predicted molar refractivity (Wildman–Crippen MR) is 89.6 cm³/mol. The fourth-order valence-corrected chi connectivity index (χ4v) is 3.40. The quantitative estimate of drug-likeness (QED) is 0.662. The lowest BCUT2D eigenvalue weighted by atomic mass is 9.91. The summed E-state index contributed by atoms with van der Waals surface area (Å²) in [5, 5.41) is 0. The van der Waals surface area contributed by atoms with Gasteiger partial charge in [-0.3, -0.25) is 0 Å². The molecule has 1 saturated heterocycles. The summed E-state index contributed by atoms with van der Waals surface area (Å²) in [6.07, 6.45) is 4.62. The van der Waals surface area contributed by atoms with E-state index < -0.39 is 0 Å². The van der Waals surface area contributed by atoms with Crippen molar-refractivity contribution >= 4 is 18.4 Å². The van der Waals surface area contributed by atoms with Crippen LogP contribution in [0.1, 0.15) is 64.0 Å². The monoisotopic (exact) mass is 285 g/mol. The highest BCUT2D eigenvalue weighted by atomic mass is 16.0. The lowest BCUT2D eigenvalue weighted by Gasteiger charge is -2.24. The van der Waals surface area contributed by atoms with Gasteiger partial charge >= 0.3 is 5.79 Å². The highest BCUT2D eigenvalue weighted by Gasteiger charge is 2.73. The maximum Gasteiger partial charge on any atom is 0.322 e. The number of hydrogen-bond acceptors (Lipinski definition) is 3. The Morgan fingerprint density at radius 1 is 1.14 bits per heavy atom. The van der Waals surface area contributed by atoms with Crippen molar-refractivity contribution in [2.45, 2.75) is 58.7 Å². The van der Waals surface area contributed by atoms with E-state index in [0.717, 1.165) is 6.42 Å². The first-order valence-corrected chi connectivity index (χ1v) is 7.87. The molecule has 0 aliphatic carbocycles. The van der Waals surface area contributed by atoms with E-state index in [2.05, 4.69) is 68.2 Å². The maximum absolute atomic E-state index is 4.64. The molecule has 21 heavy (non-hydrogen) atoms. The van der Waals surface area contributed by atoms with E-state index in [4.69, 9.17) is 0 Å². The molecule has 2 aliphatic rings. The van der Waals surface area contributed by atoms with Crippen molar-refractivity contribution in [3.05, 3.63) is 29.3 Å². The number of nitrogens with zero attached hydrogens (tertiary/aromatic N) is 3. The van der Waals surface area contributed by atoms with E-state index in [1.807, 2.05) is 6.34 Å². The van der Waals surface area contributed by atoms with Gasteiger partial charge in [0.25, 0.3) is 0 Å². The molecule has 2 heterocycles. The van der Waals surface area contributed by atoms with Gasteiger partial charge in [0.15, 0.2) is 5.69 Å². The van der Waals surface area contributed by atoms with Gasteiger partial charge in [0.05, 0.1) is 0 Å². The Bertz CT molecular complexity index is 591. The molecule has 112 valence electrons. The second kappa shape index (κ2) is 4.75. The normalized spacial score (nSPS) is 30.0. The lowest BCUT2D eigenvalue weighted by molar-refractivity contribution is 0.512. The van der Waals surface area contributed by atoms with Gasteiger partial charge < -0.3 is 0 Å². The summed E-state index contributed by atoms with van der Waals surface area (Å²) in [6, 6.07) is 6.66. The molecule has 2 unspecified atom stereocenters. The summed E-state index contributed by atoms with van der Waals surface area (Å²) in [7, 11) is 0. The predicted octanol–water partition coefficient (Wildman–Crippen LogP) is 3.89. The van der Waals surface area contributed by atoms with Gasteiger partial charge in [-0.15, -0.1) is 4.59 Å². The van der Waals surface area contributed by atoms with E-state index in [9.17, 15) is 0 Å². The van der Waals surface area contributed by atoms with Gasteiger partial charge in [-0.05, 0) is 11.8 Å². The van der Waals surface area contributed by atoms with Crippen LogP contribution in [-0.2, 0) is 0 Å². The molecule has 4 nitrogen and oxygen atoms in total. The average Bonchev–Trinajstić information content (AvgIpc) is 3.17. The van der Waals surface area contributed by atoms with Crippen molar-refractivity contribution in [3.63, 3.8) is 0 Å². The molecule has 1 aromatic carbocycles. The largest absolute Gasteiger partial charge is 0.322 e. The number of benzene rings is 1. The Balaban J connectivity index is 2.23. The van der Waals surface area contributed by atoms with Gasteiger partial charge in [-0.1, -0.05) is 58.2 Å². The number of hydrogen-bond donors (Lipinski definition) is 1. The van der Waals surface area contributed by atoms with E-state index >= 15 is 0 Å². The van der Waals surface area contributed by atoms with Gasteiger partial charge in [0.2, 0.25) is 6.34 Å². The minimum absolute atomic E-state index is 0.254. The third kappa shape index (κ3) is 1.89. The first kappa shape index (κ1) is 14.4. The van der Waals surface area contributed by atoms with Crippen LogP contribution in [0.25, 0.3) is 0 Å². The number of rotatable bonds is 4. The van der Waals surface area contributed by atoms with Crippen molar-refractivity contribution in [2.24, 2.45) is 9.98 Å². The highest BCUT2D eigenvalue weighted by Crippen LogP contribution is 2.50. The van der Waals surface area contributed by atoms with Gasteiger partial charge in [0.1, 0.15) is 6.34 Å².